The molecule has 2 atom stereocenters. The van der Waals surface area contributed by atoms with E-state index in [-0.39, 0.29) is 17.0 Å². The molecule has 0 bridgehead atoms. The van der Waals surface area contributed by atoms with Crippen molar-refractivity contribution in [3.05, 3.63) is 76.6 Å². The maximum atomic E-state index is 12.7. The third-order valence-corrected chi connectivity index (χ3v) is 9.03. The number of nitrogens with one attached hydrogen (secondary N) is 1. The van der Waals surface area contributed by atoms with E-state index in [9.17, 15) is 8.42 Å². The van der Waals surface area contributed by atoms with E-state index in [0.717, 1.165) is 37.1 Å². The smallest absolute Gasteiger partial charge is 0.240 e. The van der Waals surface area contributed by atoms with Crippen molar-refractivity contribution in [2.24, 2.45) is 0 Å². The van der Waals surface area contributed by atoms with Gasteiger partial charge in [-0.1, -0.05) is 47.5 Å². The fourth-order valence-corrected chi connectivity index (χ4v) is 6.80. The average molecular weight is 508 g/mol. The molecule has 0 spiro atoms. The lowest BCUT2D eigenvalue weighted by molar-refractivity contribution is 0.221. The Balaban J connectivity index is 1.24. The number of hydrogen-bond donors (Lipinski definition) is 1. The second-order valence-corrected chi connectivity index (χ2v) is 12.2. The topological polar surface area (TPSA) is 80.1 Å². The molecular weight excluding hydrogens is 470 g/mol. The van der Waals surface area contributed by atoms with Gasteiger partial charge < -0.3 is 0 Å². The van der Waals surface area contributed by atoms with Crippen LogP contribution in [0.4, 0.5) is 0 Å². The van der Waals surface area contributed by atoms with E-state index in [1.165, 1.54) is 49.0 Å². The van der Waals surface area contributed by atoms with Crippen molar-refractivity contribution >= 4 is 10.0 Å². The quantitative estimate of drug-likeness (QED) is 0.489. The fourth-order valence-electron chi connectivity index (χ4n) is 5.56. The number of likely N-dealkylation sites (tertiary alicyclic amines) is 1. The molecule has 1 saturated heterocycles. The van der Waals surface area contributed by atoms with Crippen LogP contribution in [0.15, 0.2) is 53.6 Å². The van der Waals surface area contributed by atoms with Crippen LogP contribution in [0.3, 0.4) is 0 Å². The highest BCUT2D eigenvalue weighted by molar-refractivity contribution is 7.89. The monoisotopic (exact) mass is 507 g/mol. The molecule has 0 saturated carbocycles. The van der Waals surface area contributed by atoms with Gasteiger partial charge in [-0.3, -0.25) is 4.90 Å². The number of hydrogen-bond acceptors (Lipinski definition) is 5. The summed E-state index contributed by atoms with van der Waals surface area (Å²) < 4.78 is 30.2. The summed E-state index contributed by atoms with van der Waals surface area (Å²) in [6.45, 7) is 7.27. The van der Waals surface area contributed by atoms with E-state index in [0.29, 0.717) is 6.42 Å². The number of nitrogens with zero attached hydrogens (tertiary/aromatic N) is 4. The molecule has 36 heavy (non-hydrogen) atoms. The van der Waals surface area contributed by atoms with Gasteiger partial charge in [0.1, 0.15) is 0 Å². The van der Waals surface area contributed by atoms with Crippen molar-refractivity contribution in [2.45, 2.75) is 82.3 Å². The lowest BCUT2D eigenvalue weighted by Gasteiger charge is -2.29. The molecule has 0 amide bonds. The molecular formula is C28H37N5O2S. The summed E-state index contributed by atoms with van der Waals surface area (Å²) in [6.07, 6.45) is 9.74. The van der Waals surface area contributed by atoms with Crippen LogP contribution >= 0.6 is 0 Å². The molecule has 8 heteroatoms. The van der Waals surface area contributed by atoms with E-state index in [1.807, 2.05) is 36.9 Å². The van der Waals surface area contributed by atoms with Gasteiger partial charge in [-0.25, -0.2) is 17.8 Å². The number of benzene rings is 2. The van der Waals surface area contributed by atoms with Crippen LogP contribution < -0.4 is 4.72 Å². The minimum absolute atomic E-state index is 0.179. The van der Waals surface area contributed by atoms with E-state index in [4.69, 9.17) is 0 Å². The highest BCUT2D eigenvalue weighted by atomic mass is 32.2. The van der Waals surface area contributed by atoms with Crippen molar-refractivity contribution in [1.82, 2.24) is 24.6 Å². The summed E-state index contributed by atoms with van der Waals surface area (Å²) in [6, 6.07) is 13.8. The number of sulfonamides is 1. The van der Waals surface area contributed by atoms with Crippen molar-refractivity contribution in [3.8, 4) is 0 Å². The Hall–Kier alpha value is -2.55. The minimum atomic E-state index is -3.57. The number of piperidine rings is 1. The summed E-state index contributed by atoms with van der Waals surface area (Å²) in [7, 11) is -3.57. The number of aryl methyl sites for hydroxylation is 2. The molecule has 2 aliphatic rings. The minimum Gasteiger partial charge on any atom is -0.299 e. The van der Waals surface area contributed by atoms with Gasteiger partial charge in [0.05, 0.1) is 16.6 Å². The van der Waals surface area contributed by atoms with Gasteiger partial charge in [-0.15, -0.1) is 5.10 Å². The first kappa shape index (κ1) is 25.1. The Bertz CT molecular complexity index is 1280. The van der Waals surface area contributed by atoms with Crippen molar-refractivity contribution in [2.75, 3.05) is 13.1 Å². The fraction of sp³-hybridized carbons (Fsp3) is 0.500. The lowest BCUT2D eigenvalue weighted by Crippen LogP contribution is -2.34. The van der Waals surface area contributed by atoms with Gasteiger partial charge in [-0.2, -0.15) is 0 Å². The molecule has 1 aliphatic carbocycles. The first-order valence-electron chi connectivity index (χ1n) is 13.2. The molecule has 1 aromatic heterocycles. The standard InChI is InChI=1S/C28H37N5O2S/c1-21-9-12-26(13-10-21)36(34,35)30-22(2)17-25-20-33(31-29-25)28-8-6-7-24-18-23(11-14-27(24)28)19-32-15-4-3-5-16-32/h9-14,18,20,22,28,30H,3-8,15-17,19H2,1-2H3. The van der Waals surface area contributed by atoms with Crippen LogP contribution in [0.1, 0.15) is 73.0 Å². The van der Waals surface area contributed by atoms with E-state index < -0.39 is 10.0 Å². The Labute approximate surface area is 215 Å². The molecule has 7 nitrogen and oxygen atoms in total. The predicted octanol–water partition coefficient (Wildman–Crippen LogP) is 4.41. The molecule has 3 aromatic rings. The number of aromatic nitrogens is 3. The molecule has 0 radical (unpaired) electrons. The molecule has 1 fully saturated rings. The van der Waals surface area contributed by atoms with E-state index in [2.05, 4.69) is 38.1 Å². The van der Waals surface area contributed by atoms with Crippen molar-refractivity contribution in [1.29, 1.82) is 0 Å². The van der Waals surface area contributed by atoms with E-state index >= 15 is 0 Å². The Morgan fingerprint density at radius 1 is 1.06 bits per heavy atom. The summed E-state index contributed by atoms with van der Waals surface area (Å²) >= 11 is 0. The van der Waals surface area contributed by atoms with Crippen molar-refractivity contribution < 1.29 is 8.42 Å². The lowest BCUT2D eigenvalue weighted by atomic mass is 9.86. The summed E-state index contributed by atoms with van der Waals surface area (Å²) in [5, 5.41) is 8.84. The molecule has 2 aromatic carbocycles. The van der Waals surface area contributed by atoms with Gasteiger partial charge in [0.2, 0.25) is 10.0 Å². The maximum absolute atomic E-state index is 12.7. The SMILES string of the molecule is Cc1ccc(S(=O)(=O)NC(C)Cc2cn(C3CCCc4cc(CN5CCCCC5)ccc43)nn2)cc1. The maximum Gasteiger partial charge on any atom is 0.240 e. The van der Waals surface area contributed by atoms with Gasteiger partial charge in [0, 0.05) is 25.2 Å². The Morgan fingerprint density at radius 2 is 1.83 bits per heavy atom. The molecule has 5 rings (SSSR count). The number of fused-ring (bicyclic) bond motifs is 1. The third-order valence-electron chi connectivity index (χ3n) is 7.42. The van der Waals surface area contributed by atoms with Crippen LogP contribution in [0.2, 0.25) is 0 Å². The van der Waals surface area contributed by atoms with E-state index in [1.54, 1.807) is 12.1 Å². The first-order chi connectivity index (χ1) is 17.4. The second kappa shape index (κ2) is 10.8. The molecule has 2 unspecified atom stereocenters. The Morgan fingerprint density at radius 3 is 2.61 bits per heavy atom. The largest absolute Gasteiger partial charge is 0.299 e. The van der Waals surface area contributed by atoms with Crippen LogP contribution in [0, 0.1) is 6.92 Å². The summed E-state index contributed by atoms with van der Waals surface area (Å²) in [5.74, 6) is 0. The van der Waals surface area contributed by atoms with Gasteiger partial charge in [0.15, 0.2) is 0 Å². The predicted molar refractivity (Wildman–Crippen MR) is 141 cm³/mol. The zero-order valence-electron chi connectivity index (χ0n) is 21.4. The second-order valence-electron chi connectivity index (χ2n) is 10.5. The van der Waals surface area contributed by atoms with Gasteiger partial charge in [-0.05, 0) is 87.9 Å². The Kier molecular flexibility index (Phi) is 7.55. The average Bonchev–Trinajstić information content (AvgIpc) is 3.32. The summed E-state index contributed by atoms with van der Waals surface area (Å²) in [4.78, 5) is 2.85. The molecule has 1 aliphatic heterocycles. The molecule has 192 valence electrons. The normalized spacial score (nSPS) is 19.7. The van der Waals surface area contributed by atoms with Gasteiger partial charge >= 0.3 is 0 Å². The highest BCUT2D eigenvalue weighted by Gasteiger charge is 2.24. The zero-order chi connectivity index (χ0) is 25.1. The van der Waals surface area contributed by atoms with Gasteiger partial charge in [0.25, 0.3) is 0 Å². The molecule has 1 N–H and O–H groups in total. The first-order valence-corrected chi connectivity index (χ1v) is 14.7. The molecule has 2 heterocycles. The van der Waals surface area contributed by atoms with Crippen LogP contribution in [0.5, 0.6) is 0 Å². The van der Waals surface area contributed by atoms with Crippen molar-refractivity contribution in [3.63, 3.8) is 0 Å². The third kappa shape index (κ3) is 5.88. The summed E-state index contributed by atoms with van der Waals surface area (Å²) in [5.41, 5.74) is 6.00. The number of rotatable bonds is 8. The highest BCUT2D eigenvalue weighted by Crippen LogP contribution is 2.33. The van der Waals surface area contributed by atoms with Crippen LogP contribution in [-0.2, 0) is 29.4 Å². The van der Waals surface area contributed by atoms with Crippen LogP contribution in [0.25, 0.3) is 0 Å². The van der Waals surface area contributed by atoms with Crippen LogP contribution in [-0.4, -0.2) is 47.4 Å². The zero-order valence-corrected chi connectivity index (χ0v) is 22.2.